The van der Waals surface area contributed by atoms with E-state index in [0.717, 1.165) is 11.1 Å². The molecule has 2 aromatic carbocycles. The van der Waals surface area contributed by atoms with Crippen LogP contribution in [0, 0.1) is 6.92 Å². The van der Waals surface area contributed by atoms with Crippen molar-refractivity contribution in [1.29, 1.82) is 0 Å². The largest absolute Gasteiger partial charge is 0.495 e. The second-order valence-electron chi connectivity index (χ2n) is 4.66. The van der Waals surface area contributed by atoms with Crippen LogP contribution in [0.25, 0.3) is 0 Å². The number of methoxy groups -OCH3 is 1. The van der Waals surface area contributed by atoms with Crippen LogP contribution < -0.4 is 10.5 Å². The molecule has 0 amide bonds. The van der Waals surface area contributed by atoms with Crippen LogP contribution in [0.3, 0.4) is 0 Å². The van der Waals surface area contributed by atoms with Crippen molar-refractivity contribution < 1.29 is 13.2 Å². The molecule has 0 saturated heterocycles. The Kier molecular flexibility index (Phi) is 3.99. The third-order valence-corrected chi connectivity index (χ3v) is 4.68. The van der Waals surface area contributed by atoms with Gasteiger partial charge in [0.2, 0.25) is 0 Å². The normalized spacial score (nSPS) is 11.3. The molecule has 0 bridgehead atoms. The Balaban J connectivity index is 2.40. The highest BCUT2D eigenvalue weighted by Crippen LogP contribution is 2.28. The number of rotatable bonds is 4. The van der Waals surface area contributed by atoms with Crippen molar-refractivity contribution in [2.24, 2.45) is 0 Å². The number of nitrogens with two attached hydrogens (primary N) is 1. The molecule has 5 heteroatoms. The molecular weight excluding hydrogens is 274 g/mol. The van der Waals surface area contributed by atoms with Gasteiger partial charge in [0.15, 0.2) is 9.84 Å². The minimum atomic E-state index is -3.47. The summed E-state index contributed by atoms with van der Waals surface area (Å²) in [6.45, 7) is 1.93. The number of hydrogen-bond acceptors (Lipinski definition) is 4. The molecule has 0 aliphatic carbocycles. The molecule has 0 saturated carbocycles. The van der Waals surface area contributed by atoms with Crippen LogP contribution >= 0.6 is 0 Å². The number of anilines is 1. The Morgan fingerprint density at radius 1 is 1.15 bits per heavy atom. The SMILES string of the molecule is COc1cc(N)ccc1S(=O)(=O)Cc1cccc(C)c1. The van der Waals surface area contributed by atoms with Crippen LogP contribution in [0.5, 0.6) is 5.75 Å². The van der Waals surface area contributed by atoms with Crippen molar-refractivity contribution in [3.63, 3.8) is 0 Å². The lowest BCUT2D eigenvalue weighted by Gasteiger charge is -2.10. The van der Waals surface area contributed by atoms with E-state index in [1.54, 1.807) is 12.1 Å². The van der Waals surface area contributed by atoms with Crippen molar-refractivity contribution >= 4 is 15.5 Å². The molecule has 0 aliphatic heterocycles. The van der Waals surface area contributed by atoms with Crippen molar-refractivity contribution in [2.75, 3.05) is 12.8 Å². The van der Waals surface area contributed by atoms with E-state index in [2.05, 4.69) is 0 Å². The fraction of sp³-hybridized carbons (Fsp3) is 0.200. The molecule has 20 heavy (non-hydrogen) atoms. The van der Waals surface area contributed by atoms with Gasteiger partial charge in [0, 0.05) is 11.8 Å². The van der Waals surface area contributed by atoms with Gasteiger partial charge in [-0.1, -0.05) is 29.8 Å². The van der Waals surface area contributed by atoms with Crippen LogP contribution in [0.4, 0.5) is 5.69 Å². The van der Waals surface area contributed by atoms with Gasteiger partial charge in [-0.2, -0.15) is 0 Å². The molecule has 2 aromatic rings. The third kappa shape index (κ3) is 3.11. The lowest BCUT2D eigenvalue weighted by atomic mass is 10.2. The van der Waals surface area contributed by atoms with Gasteiger partial charge in [-0.05, 0) is 24.6 Å². The lowest BCUT2D eigenvalue weighted by Crippen LogP contribution is -2.07. The van der Waals surface area contributed by atoms with Gasteiger partial charge in [-0.3, -0.25) is 0 Å². The van der Waals surface area contributed by atoms with Crippen LogP contribution in [0.2, 0.25) is 0 Å². The molecule has 0 aliphatic rings. The van der Waals surface area contributed by atoms with Gasteiger partial charge in [0.1, 0.15) is 10.6 Å². The second-order valence-corrected chi connectivity index (χ2v) is 6.62. The summed E-state index contributed by atoms with van der Waals surface area (Å²) in [7, 11) is -2.04. The molecule has 0 radical (unpaired) electrons. The molecular formula is C15H17NO3S. The van der Waals surface area contributed by atoms with Gasteiger partial charge < -0.3 is 10.5 Å². The average molecular weight is 291 g/mol. The van der Waals surface area contributed by atoms with E-state index in [0.29, 0.717) is 5.69 Å². The summed E-state index contributed by atoms with van der Waals surface area (Å²) < 4.78 is 30.1. The summed E-state index contributed by atoms with van der Waals surface area (Å²) in [5.41, 5.74) is 7.90. The fourth-order valence-electron chi connectivity index (χ4n) is 2.04. The number of hydrogen-bond donors (Lipinski definition) is 1. The minimum absolute atomic E-state index is 0.0606. The molecule has 0 spiro atoms. The van der Waals surface area contributed by atoms with E-state index in [1.807, 2.05) is 25.1 Å². The zero-order chi connectivity index (χ0) is 14.8. The maximum atomic E-state index is 12.5. The van der Waals surface area contributed by atoms with Crippen LogP contribution in [-0.2, 0) is 15.6 Å². The molecule has 4 nitrogen and oxygen atoms in total. The zero-order valence-corrected chi connectivity index (χ0v) is 12.3. The monoisotopic (exact) mass is 291 g/mol. The molecule has 0 atom stereocenters. The maximum absolute atomic E-state index is 12.5. The molecule has 106 valence electrons. The van der Waals surface area contributed by atoms with Crippen LogP contribution in [-0.4, -0.2) is 15.5 Å². The molecule has 2 rings (SSSR count). The average Bonchev–Trinajstić information content (AvgIpc) is 2.37. The molecule has 0 heterocycles. The highest BCUT2D eigenvalue weighted by molar-refractivity contribution is 7.90. The molecule has 0 unspecified atom stereocenters. The summed E-state index contributed by atoms with van der Waals surface area (Å²) >= 11 is 0. The number of aryl methyl sites for hydroxylation is 1. The Morgan fingerprint density at radius 2 is 1.90 bits per heavy atom. The molecule has 0 aromatic heterocycles. The van der Waals surface area contributed by atoms with Gasteiger partial charge in [-0.15, -0.1) is 0 Å². The Hall–Kier alpha value is -2.01. The van der Waals surface area contributed by atoms with Crippen LogP contribution in [0.1, 0.15) is 11.1 Å². The number of ether oxygens (including phenoxy) is 1. The van der Waals surface area contributed by atoms with E-state index < -0.39 is 9.84 Å². The standard InChI is InChI=1S/C15H17NO3S/c1-11-4-3-5-12(8-11)10-20(17,18)15-7-6-13(16)9-14(15)19-2/h3-9H,10,16H2,1-2H3. The maximum Gasteiger partial charge on any atom is 0.186 e. The summed E-state index contributed by atoms with van der Waals surface area (Å²) in [5.74, 6) is 0.215. The van der Waals surface area contributed by atoms with Crippen molar-refractivity contribution in [3.05, 3.63) is 53.6 Å². The second kappa shape index (κ2) is 5.54. The number of benzene rings is 2. The Labute approximate surface area is 119 Å². The highest BCUT2D eigenvalue weighted by Gasteiger charge is 2.20. The predicted molar refractivity (Wildman–Crippen MR) is 79.5 cm³/mol. The molecule has 2 N–H and O–H groups in total. The van der Waals surface area contributed by atoms with E-state index >= 15 is 0 Å². The first-order chi connectivity index (χ1) is 9.42. The fourth-order valence-corrected chi connectivity index (χ4v) is 3.54. The third-order valence-electron chi connectivity index (χ3n) is 2.96. The number of nitrogen functional groups attached to an aromatic ring is 1. The Morgan fingerprint density at radius 3 is 2.55 bits per heavy atom. The first-order valence-electron chi connectivity index (χ1n) is 6.14. The Bertz CT molecular complexity index is 724. The summed E-state index contributed by atoms with van der Waals surface area (Å²) in [6, 6.07) is 12.0. The first-order valence-corrected chi connectivity index (χ1v) is 7.79. The van der Waals surface area contributed by atoms with E-state index in [4.69, 9.17) is 10.5 Å². The van der Waals surface area contributed by atoms with Gasteiger partial charge in [0.25, 0.3) is 0 Å². The zero-order valence-electron chi connectivity index (χ0n) is 11.5. The van der Waals surface area contributed by atoms with E-state index in [-0.39, 0.29) is 16.4 Å². The summed E-state index contributed by atoms with van der Waals surface area (Å²) in [4.78, 5) is 0.163. The van der Waals surface area contributed by atoms with Crippen molar-refractivity contribution in [3.8, 4) is 5.75 Å². The van der Waals surface area contributed by atoms with Crippen molar-refractivity contribution in [2.45, 2.75) is 17.6 Å². The lowest BCUT2D eigenvalue weighted by molar-refractivity contribution is 0.403. The summed E-state index contributed by atoms with van der Waals surface area (Å²) in [6.07, 6.45) is 0. The van der Waals surface area contributed by atoms with Gasteiger partial charge in [0.05, 0.1) is 12.9 Å². The van der Waals surface area contributed by atoms with E-state index in [9.17, 15) is 8.42 Å². The van der Waals surface area contributed by atoms with Crippen LogP contribution in [0.15, 0.2) is 47.4 Å². The molecule has 0 fully saturated rings. The van der Waals surface area contributed by atoms with E-state index in [1.165, 1.54) is 19.2 Å². The van der Waals surface area contributed by atoms with Gasteiger partial charge >= 0.3 is 0 Å². The first kappa shape index (κ1) is 14.4. The topological polar surface area (TPSA) is 69.4 Å². The van der Waals surface area contributed by atoms with Crippen molar-refractivity contribution in [1.82, 2.24) is 0 Å². The predicted octanol–water partition coefficient (Wildman–Crippen LogP) is 2.56. The smallest absolute Gasteiger partial charge is 0.186 e. The quantitative estimate of drug-likeness (QED) is 0.879. The summed E-state index contributed by atoms with van der Waals surface area (Å²) in [5, 5.41) is 0. The highest BCUT2D eigenvalue weighted by atomic mass is 32.2. The van der Waals surface area contributed by atoms with Gasteiger partial charge in [-0.25, -0.2) is 8.42 Å². The number of sulfone groups is 1. The minimum Gasteiger partial charge on any atom is -0.495 e.